The van der Waals surface area contributed by atoms with Gasteiger partial charge in [0.05, 0.1) is 10.9 Å². The van der Waals surface area contributed by atoms with E-state index in [1.54, 1.807) is 12.3 Å². The van der Waals surface area contributed by atoms with Gasteiger partial charge in [-0.25, -0.2) is 4.79 Å². The maximum absolute atomic E-state index is 12.2. The van der Waals surface area contributed by atoms with Crippen LogP contribution in [0, 0.1) is 0 Å². The summed E-state index contributed by atoms with van der Waals surface area (Å²) in [4.78, 5) is 16.7. The smallest absolute Gasteiger partial charge is 0.345 e. The average molecular weight is 273 g/mol. The van der Waals surface area contributed by atoms with Crippen molar-refractivity contribution >= 4 is 21.9 Å². The van der Waals surface area contributed by atoms with Crippen molar-refractivity contribution in [1.29, 1.82) is 0 Å². The zero-order valence-corrected chi connectivity index (χ0v) is 11.1. The number of rotatable bonds is 1. The topological polar surface area (TPSA) is 43.1 Å². The van der Waals surface area contributed by atoms with E-state index < -0.39 is 0 Å². The molecule has 0 atom stereocenters. The van der Waals surface area contributed by atoms with Crippen molar-refractivity contribution in [3.05, 3.63) is 77.3 Å². The first-order chi connectivity index (χ1) is 10.3. The monoisotopic (exact) mass is 273 g/mol. The fraction of sp³-hybridized carbons (Fsp3) is 0. The van der Waals surface area contributed by atoms with Gasteiger partial charge in [-0.05, 0) is 23.8 Å². The molecule has 21 heavy (non-hydrogen) atoms. The highest BCUT2D eigenvalue weighted by molar-refractivity contribution is 6.02. The predicted octanol–water partition coefficient (Wildman–Crippen LogP) is 4.01. The van der Waals surface area contributed by atoms with E-state index in [0.29, 0.717) is 16.5 Å². The molecule has 0 unspecified atom stereocenters. The van der Waals surface area contributed by atoms with Crippen LogP contribution in [0.2, 0.25) is 0 Å². The third-order valence-electron chi connectivity index (χ3n) is 3.56. The second-order valence-corrected chi connectivity index (χ2v) is 4.87. The van der Waals surface area contributed by atoms with Gasteiger partial charge in [0.25, 0.3) is 0 Å². The molecule has 0 bridgehead atoms. The van der Waals surface area contributed by atoms with E-state index >= 15 is 0 Å². The molecule has 4 aromatic rings. The summed E-state index contributed by atoms with van der Waals surface area (Å²) in [6.07, 6.45) is 1.80. The minimum atomic E-state index is -0.353. The number of nitrogens with zero attached hydrogens (tertiary/aromatic N) is 1. The van der Waals surface area contributed by atoms with Gasteiger partial charge in [0, 0.05) is 17.1 Å². The molecular weight excluding hydrogens is 262 g/mol. The highest BCUT2D eigenvalue weighted by Crippen LogP contribution is 2.25. The fourth-order valence-corrected chi connectivity index (χ4v) is 2.53. The van der Waals surface area contributed by atoms with Crippen molar-refractivity contribution in [2.45, 2.75) is 0 Å². The third kappa shape index (κ3) is 1.91. The second-order valence-electron chi connectivity index (χ2n) is 4.87. The Balaban J connectivity index is 2.07. The average Bonchev–Trinajstić information content (AvgIpc) is 2.55. The Hall–Kier alpha value is -2.94. The van der Waals surface area contributed by atoms with Crippen molar-refractivity contribution in [3.8, 4) is 11.1 Å². The molecule has 2 aromatic heterocycles. The second kappa shape index (κ2) is 4.56. The zero-order valence-electron chi connectivity index (χ0n) is 11.1. The lowest BCUT2D eigenvalue weighted by Crippen LogP contribution is -2.01. The molecule has 100 valence electrons. The molecule has 0 N–H and O–H groups in total. The normalized spacial score (nSPS) is 11.0. The standard InChI is InChI=1S/C18H11NO2/c20-18-15-10-13(12-6-2-1-3-7-12)11-19-17(15)14-8-4-5-9-16(14)21-18/h1-11H. The molecule has 2 aromatic carbocycles. The van der Waals surface area contributed by atoms with Gasteiger partial charge < -0.3 is 4.42 Å². The van der Waals surface area contributed by atoms with Crippen molar-refractivity contribution in [1.82, 2.24) is 4.98 Å². The van der Waals surface area contributed by atoms with Gasteiger partial charge >= 0.3 is 5.63 Å². The van der Waals surface area contributed by atoms with Crippen molar-refractivity contribution in [2.24, 2.45) is 0 Å². The Labute approximate surface area is 120 Å². The molecule has 0 aliphatic rings. The molecule has 3 nitrogen and oxygen atoms in total. The summed E-state index contributed by atoms with van der Waals surface area (Å²) in [6.45, 7) is 0. The summed E-state index contributed by atoms with van der Waals surface area (Å²) in [5.41, 5.74) is 2.83. The highest BCUT2D eigenvalue weighted by Gasteiger charge is 2.09. The molecule has 2 heterocycles. The van der Waals surface area contributed by atoms with E-state index in [4.69, 9.17) is 4.42 Å². The van der Waals surface area contributed by atoms with Crippen LogP contribution < -0.4 is 5.63 Å². The number of hydrogen-bond acceptors (Lipinski definition) is 3. The van der Waals surface area contributed by atoms with E-state index in [0.717, 1.165) is 16.5 Å². The minimum absolute atomic E-state index is 0.353. The molecule has 0 aliphatic carbocycles. The summed E-state index contributed by atoms with van der Waals surface area (Å²) in [5, 5.41) is 1.36. The molecule has 3 heteroatoms. The molecule has 0 aliphatic heterocycles. The molecule has 0 spiro atoms. The van der Waals surface area contributed by atoms with Crippen molar-refractivity contribution in [2.75, 3.05) is 0 Å². The highest BCUT2D eigenvalue weighted by atomic mass is 16.4. The Morgan fingerprint density at radius 3 is 2.43 bits per heavy atom. The molecule has 4 rings (SSSR count). The SMILES string of the molecule is O=c1oc2ccccc2c2ncc(-c3ccccc3)cc12. The maximum Gasteiger partial charge on any atom is 0.345 e. The van der Waals surface area contributed by atoms with Gasteiger partial charge in [-0.2, -0.15) is 0 Å². The molecule has 0 radical (unpaired) electrons. The van der Waals surface area contributed by atoms with Crippen LogP contribution in [-0.2, 0) is 0 Å². The summed E-state index contributed by atoms with van der Waals surface area (Å²) < 4.78 is 5.37. The van der Waals surface area contributed by atoms with Crippen LogP contribution in [0.1, 0.15) is 0 Å². The van der Waals surface area contributed by atoms with Crippen LogP contribution in [0.25, 0.3) is 33.0 Å². The summed E-state index contributed by atoms with van der Waals surface area (Å²) in [6, 6.07) is 19.2. The van der Waals surface area contributed by atoms with Crippen LogP contribution in [-0.4, -0.2) is 4.98 Å². The van der Waals surface area contributed by atoms with Gasteiger partial charge in [-0.3, -0.25) is 4.98 Å². The van der Waals surface area contributed by atoms with Crippen molar-refractivity contribution in [3.63, 3.8) is 0 Å². The lowest BCUT2D eigenvalue weighted by molar-refractivity contribution is 0.569. The Morgan fingerprint density at radius 2 is 1.57 bits per heavy atom. The minimum Gasteiger partial charge on any atom is -0.422 e. The van der Waals surface area contributed by atoms with Crippen LogP contribution in [0.15, 0.2) is 76.1 Å². The van der Waals surface area contributed by atoms with Crippen LogP contribution >= 0.6 is 0 Å². The molecule has 0 fully saturated rings. The van der Waals surface area contributed by atoms with E-state index in [1.807, 2.05) is 54.6 Å². The maximum atomic E-state index is 12.2. The quantitative estimate of drug-likeness (QED) is 0.389. The number of hydrogen-bond donors (Lipinski definition) is 0. The van der Waals surface area contributed by atoms with E-state index in [1.165, 1.54) is 0 Å². The zero-order chi connectivity index (χ0) is 14.2. The van der Waals surface area contributed by atoms with Gasteiger partial charge in [-0.1, -0.05) is 42.5 Å². The number of benzene rings is 2. The molecular formula is C18H11NO2. The van der Waals surface area contributed by atoms with E-state index in [2.05, 4.69) is 4.98 Å². The van der Waals surface area contributed by atoms with Gasteiger partial charge in [0.1, 0.15) is 5.58 Å². The largest absolute Gasteiger partial charge is 0.422 e. The Morgan fingerprint density at radius 1 is 0.810 bits per heavy atom. The van der Waals surface area contributed by atoms with Crippen LogP contribution in [0.4, 0.5) is 0 Å². The lowest BCUT2D eigenvalue weighted by atomic mass is 10.1. The van der Waals surface area contributed by atoms with E-state index in [9.17, 15) is 4.79 Å². The molecule has 0 amide bonds. The lowest BCUT2D eigenvalue weighted by Gasteiger charge is -2.04. The Kier molecular flexibility index (Phi) is 2.57. The fourth-order valence-electron chi connectivity index (χ4n) is 2.53. The number of aromatic nitrogens is 1. The van der Waals surface area contributed by atoms with E-state index in [-0.39, 0.29) is 5.63 Å². The number of para-hydroxylation sites is 1. The predicted molar refractivity (Wildman–Crippen MR) is 83.2 cm³/mol. The molecule has 0 saturated carbocycles. The van der Waals surface area contributed by atoms with Gasteiger partial charge in [0.2, 0.25) is 0 Å². The molecule has 0 saturated heterocycles. The number of fused-ring (bicyclic) bond motifs is 3. The van der Waals surface area contributed by atoms with Gasteiger partial charge in [0.15, 0.2) is 0 Å². The van der Waals surface area contributed by atoms with Crippen molar-refractivity contribution < 1.29 is 4.42 Å². The summed E-state index contributed by atoms with van der Waals surface area (Å²) in [5.74, 6) is 0. The first kappa shape index (κ1) is 11.9. The van der Waals surface area contributed by atoms with Gasteiger partial charge in [-0.15, -0.1) is 0 Å². The first-order valence-electron chi connectivity index (χ1n) is 6.70. The van der Waals surface area contributed by atoms with Crippen LogP contribution in [0.5, 0.6) is 0 Å². The first-order valence-corrected chi connectivity index (χ1v) is 6.70. The number of pyridine rings is 1. The third-order valence-corrected chi connectivity index (χ3v) is 3.56. The Bertz CT molecular complexity index is 1000. The van der Waals surface area contributed by atoms with Crippen LogP contribution in [0.3, 0.4) is 0 Å². The summed E-state index contributed by atoms with van der Waals surface area (Å²) in [7, 11) is 0. The summed E-state index contributed by atoms with van der Waals surface area (Å²) >= 11 is 0.